The molecular weight excluding hydrogens is 522 g/mol. The van der Waals surface area contributed by atoms with E-state index in [4.69, 9.17) is 11.6 Å². The number of benzene rings is 1. The number of nitrogens with one attached hydrogen (secondary N) is 2. The van der Waals surface area contributed by atoms with Crippen LogP contribution in [0.25, 0.3) is 16.6 Å². The zero-order valence-electron chi connectivity index (χ0n) is 20.5. The van der Waals surface area contributed by atoms with Gasteiger partial charge in [-0.3, -0.25) is 14.5 Å². The van der Waals surface area contributed by atoms with Gasteiger partial charge in [0.25, 0.3) is 0 Å². The van der Waals surface area contributed by atoms with Gasteiger partial charge in [0.2, 0.25) is 15.9 Å². The van der Waals surface area contributed by atoms with Gasteiger partial charge in [-0.1, -0.05) is 23.7 Å². The van der Waals surface area contributed by atoms with Crippen molar-refractivity contribution in [2.75, 3.05) is 10.0 Å². The molecule has 0 aliphatic heterocycles. The molecule has 1 amide bonds. The maximum atomic E-state index is 13.8. The zero-order chi connectivity index (χ0) is 26.1. The Morgan fingerprint density at radius 2 is 1.79 bits per heavy atom. The van der Waals surface area contributed by atoms with E-state index < -0.39 is 15.4 Å². The van der Waals surface area contributed by atoms with Gasteiger partial charge in [0.1, 0.15) is 0 Å². The molecule has 2 atom stereocenters. The van der Waals surface area contributed by atoms with E-state index in [-0.39, 0.29) is 11.2 Å². The third-order valence-corrected chi connectivity index (χ3v) is 10.2. The molecule has 3 aliphatic rings. The van der Waals surface area contributed by atoms with Crippen molar-refractivity contribution in [1.82, 2.24) is 14.6 Å². The highest BCUT2D eigenvalue weighted by Gasteiger charge is 2.59. The standard InChI is InChI=1S/C28H26ClN5O3S/c29-20-8-10-34-25(12-20)24(16-31-34)17-1-3-21(4-2-17)32-27(35)28(14-18-11-19(18)15-28)26-13-22(7-9-30-26)33-38(36,37)23-5-6-23/h1-4,7-10,12-13,16,18-19,23H,5-6,11,14-15H2,(H,30,33)(H,32,35). The quantitative estimate of drug-likeness (QED) is 0.328. The molecule has 0 saturated heterocycles. The lowest BCUT2D eigenvalue weighted by Gasteiger charge is -2.29. The highest BCUT2D eigenvalue weighted by Crippen LogP contribution is 2.60. The number of aromatic nitrogens is 3. The lowest BCUT2D eigenvalue weighted by Crippen LogP contribution is -2.40. The number of carbonyl (C=O) groups is 1. The number of halogens is 1. The molecule has 10 heteroatoms. The van der Waals surface area contributed by atoms with Gasteiger partial charge in [0.15, 0.2) is 0 Å². The molecular formula is C28H26ClN5O3S. The molecule has 2 unspecified atom stereocenters. The molecule has 2 N–H and O–H groups in total. The third-order valence-electron chi connectivity index (χ3n) is 8.14. The van der Waals surface area contributed by atoms with Gasteiger partial charge in [0.05, 0.1) is 33.8 Å². The van der Waals surface area contributed by atoms with Crippen LogP contribution < -0.4 is 10.0 Å². The fourth-order valence-electron chi connectivity index (χ4n) is 5.84. The van der Waals surface area contributed by atoms with Gasteiger partial charge < -0.3 is 5.32 Å². The lowest BCUT2D eigenvalue weighted by molar-refractivity contribution is -0.121. The van der Waals surface area contributed by atoms with Crippen LogP contribution in [0.5, 0.6) is 0 Å². The van der Waals surface area contributed by atoms with E-state index in [1.807, 2.05) is 36.5 Å². The number of anilines is 2. The van der Waals surface area contributed by atoms with Crippen LogP contribution in [-0.2, 0) is 20.2 Å². The van der Waals surface area contributed by atoms with Gasteiger partial charge in [-0.15, -0.1) is 0 Å². The van der Waals surface area contributed by atoms with Crippen molar-refractivity contribution in [1.29, 1.82) is 0 Å². The maximum absolute atomic E-state index is 13.8. The number of sulfonamides is 1. The molecule has 194 valence electrons. The molecule has 0 radical (unpaired) electrons. The number of nitrogens with zero attached hydrogens (tertiary/aromatic N) is 3. The fourth-order valence-corrected chi connectivity index (χ4v) is 7.38. The number of fused-ring (bicyclic) bond motifs is 2. The van der Waals surface area contributed by atoms with Crippen LogP contribution >= 0.6 is 11.6 Å². The first-order valence-electron chi connectivity index (χ1n) is 12.8. The molecule has 3 fully saturated rings. The topological polar surface area (TPSA) is 105 Å². The first-order chi connectivity index (χ1) is 18.3. The van der Waals surface area contributed by atoms with Crippen molar-refractivity contribution in [2.24, 2.45) is 11.8 Å². The molecule has 0 bridgehead atoms. The molecule has 7 rings (SSSR count). The maximum Gasteiger partial charge on any atom is 0.236 e. The molecule has 38 heavy (non-hydrogen) atoms. The van der Waals surface area contributed by atoms with Crippen LogP contribution in [0, 0.1) is 11.8 Å². The third kappa shape index (κ3) is 4.14. The van der Waals surface area contributed by atoms with Crippen LogP contribution in [-0.4, -0.2) is 34.2 Å². The lowest BCUT2D eigenvalue weighted by atomic mass is 9.78. The van der Waals surface area contributed by atoms with Gasteiger partial charge in [-0.05, 0) is 85.9 Å². The molecule has 3 aromatic heterocycles. The Hall–Kier alpha value is -3.43. The number of carbonyl (C=O) groups excluding carboxylic acids is 1. The minimum atomic E-state index is -3.40. The average Bonchev–Trinajstić information content (AvgIpc) is 3.82. The van der Waals surface area contributed by atoms with Gasteiger partial charge in [-0.25, -0.2) is 12.9 Å². The van der Waals surface area contributed by atoms with Crippen LogP contribution in [0.2, 0.25) is 5.02 Å². The van der Waals surface area contributed by atoms with E-state index >= 15 is 0 Å². The van der Waals surface area contributed by atoms with E-state index in [1.165, 1.54) is 0 Å². The second-order valence-electron chi connectivity index (χ2n) is 10.8. The van der Waals surface area contributed by atoms with Crippen LogP contribution in [0.1, 0.15) is 37.8 Å². The summed E-state index contributed by atoms with van der Waals surface area (Å²) < 4.78 is 29.4. The predicted octanol–water partition coefficient (Wildman–Crippen LogP) is 5.26. The second kappa shape index (κ2) is 8.54. The Labute approximate surface area is 225 Å². The summed E-state index contributed by atoms with van der Waals surface area (Å²) in [6.45, 7) is 0. The highest BCUT2D eigenvalue weighted by molar-refractivity contribution is 7.93. The summed E-state index contributed by atoms with van der Waals surface area (Å²) in [6, 6.07) is 14.7. The summed E-state index contributed by atoms with van der Waals surface area (Å²) in [5, 5.41) is 7.83. The minimum Gasteiger partial charge on any atom is -0.325 e. The summed E-state index contributed by atoms with van der Waals surface area (Å²) in [6.07, 6.45) is 9.17. The van der Waals surface area contributed by atoms with Crippen molar-refractivity contribution in [3.63, 3.8) is 0 Å². The number of hydrogen-bond donors (Lipinski definition) is 2. The van der Waals surface area contributed by atoms with Crippen LogP contribution in [0.4, 0.5) is 11.4 Å². The number of hydrogen-bond acceptors (Lipinski definition) is 5. The first kappa shape index (κ1) is 23.7. The molecule has 4 aromatic rings. The summed E-state index contributed by atoms with van der Waals surface area (Å²) in [5.74, 6) is 0.924. The number of amides is 1. The van der Waals surface area contributed by atoms with Crippen molar-refractivity contribution >= 4 is 44.4 Å². The Morgan fingerprint density at radius 3 is 2.53 bits per heavy atom. The molecule has 3 saturated carbocycles. The molecule has 3 heterocycles. The van der Waals surface area contributed by atoms with Crippen LogP contribution in [0.3, 0.4) is 0 Å². The van der Waals surface area contributed by atoms with Crippen molar-refractivity contribution in [2.45, 2.75) is 42.8 Å². The highest BCUT2D eigenvalue weighted by atomic mass is 35.5. The normalized spacial score (nSPS) is 24.2. The van der Waals surface area contributed by atoms with Gasteiger partial charge >= 0.3 is 0 Å². The van der Waals surface area contributed by atoms with E-state index in [0.717, 1.165) is 35.9 Å². The van der Waals surface area contributed by atoms with Gasteiger partial charge in [-0.2, -0.15) is 5.10 Å². The van der Waals surface area contributed by atoms with E-state index in [0.29, 0.717) is 46.8 Å². The summed E-state index contributed by atoms with van der Waals surface area (Å²) >= 11 is 6.19. The van der Waals surface area contributed by atoms with E-state index in [9.17, 15) is 13.2 Å². The molecule has 3 aliphatic carbocycles. The molecule has 1 aromatic carbocycles. The Morgan fingerprint density at radius 1 is 1.03 bits per heavy atom. The smallest absolute Gasteiger partial charge is 0.236 e. The average molecular weight is 548 g/mol. The molecule has 0 spiro atoms. The van der Waals surface area contributed by atoms with Gasteiger partial charge in [0, 0.05) is 28.7 Å². The zero-order valence-corrected chi connectivity index (χ0v) is 22.0. The Balaban J connectivity index is 1.15. The SMILES string of the molecule is O=C(Nc1ccc(-c2cnn3ccc(Cl)cc23)cc1)C1(c2cc(NS(=O)(=O)C3CC3)ccn2)CC2CC2C1. The van der Waals surface area contributed by atoms with Crippen molar-refractivity contribution in [3.05, 3.63) is 77.8 Å². The fraction of sp³-hybridized carbons (Fsp3) is 0.321. The van der Waals surface area contributed by atoms with Crippen molar-refractivity contribution < 1.29 is 13.2 Å². The van der Waals surface area contributed by atoms with E-state index in [2.05, 4.69) is 20.1 Å². The second-order valence-corrected chi connectivity index (χ2v) is 13.2. The largest absolute Gasteiger partial charge is 0.325 e. The predicted molar refractivity (Wildman–Crippen MR) is 147 cm³/mol. The summed E-state index contributed by atoms with van der Waals surface area (Å²) in [7, 11) is -3.40. The number of pyridine rings is 2. The summed E-state index contributed by atoms with van der Waals surface area (Å²) in [4.78, 5) is 18.4. The monoisotopic (exact) mass is 547 g/mol. The van der Waals surface area contributed by atoms with E-state index in [1.54, 1.807) is 35.1 Å². The minimum absolute atomic E-state index is 0.102. The Kier molecular flexibility index (Phi) is 5.32. The number of rotatable bonds is 7. The molecule has 8 nitrogen and oxygen atoms in total. The Bertz CT molecular complexity index is 1670. The van der Waals surface area contributed by atoms with Crippen molar-refractivity contribution in [3.8, 4) is 11.1 Å². The first-order valence-corrected chi connectivity index (χ1v) is 14.8. The summed E-state index contributed by atoms with van der Waals surface area (Å²) in [5.41, 5.74) is 3.82. The van der Waals surface area contributed by atoms with Crippen LogP contribution in [0.15, 0.2) is 67.1 Å².